The molecule has 0 atom stereocenters. The lowest BCUT2D eigenvalue weighted by molar-refractivity contribution is 0.310. The fourth-order valence-electron chi connectivity index (χ4n) is 3.91. The van der Waals surface area contributed by atoms with Crippen molar-refractivity contribution in [3.8, 4) is 17.0 Å². The van der Waals surface area contributed by atoms with Gasteiger partial charge in [0.15, 0.2) is 5.82 Å². The van der Waals surface area contributed by atoms with Crippen LogP contribution in [-0.4, -0.2) is 37.9 Å². The quantitative estimate of drug-likeness (QED) is 0.395. The highest BCUT2D eigenvalue weighted by Gasteiger charge is 2.21. The summed E-state index contributed by atoms with van der Waals surface area (Å²) < 4.78 is 22.8. The minimum atomic E-state index is -0.526. The summed E-state index contributed by atoms with van der Waals surface area (Å²) in [5.74, 6) is 0.367. The molecule has 0 bridgehead atoms. The van der Waals surface area contributed by atoms with Gasteiger partial charge in [0.1, 0.15) is 12.3 Å². The van der Waals surface area contributed by atoms with Gasteiger partial charge in [-0.3, -0.25) is 4.68 Å². The number of aromatic nitrogens is 5. The summed E-state index contributed by atoms with van der Waals surface area (Å²) in [6, 6.07) is 1.91. The van der Waals surface area contributed by atoms with Gasteiger partial charge >= 0.3 is 0 Å². The fourth-order valence-corrected chi connectivity index (χ4v) is 3.91. The van der Waals surface area contributed by atoms with Gasteiger partial charge in [-0.1, -0.05) is 0 Å². The molecule has 9 nitrogen and oxygen atoms in total. The highest BCUT2D eigenvalue weighted by atomic mass is 19.1. The summed E-state index contributed by atoms with van der Waals surface area (Å²) >= 11 is 0. The number of pyridine rings is 1. The van der Waals surface area contributed by atoms with Crippen LogP contribution >= 0.6 is 0 Å². The van der Waals surface area contributed by atoms with E-state index < -0.39 is 5.82 Å². The molecule has 1 aliphatic rings. The summed E-state index contributed by atoms with van der Waals surface area (Å²) in [7, 11) is 0. The van der Waals surface area contributed by atoms with Crippen LogP contribution in [0.5, 0.6) is 5.88 Å². The number of nitrogens with one attached hydrogen (secondary N) is 2. The largest absolute Gasteiger partial charge is 0.474 e. The van der Waals surface area contributed by atoms with Gasteiger partial charge in [-0.2, -0.15) is 5.10 Å². The number of ether oxygens (including phenoxy) is 1. The maximum atomic E-state index is 15.3. The van der Waals surface area contributed by atoms with E-state index in [1.165, 1.54) is 6.20 Å². The van der Waals surface area contributed by atoms with Crippen LogP contribution in [0.4, 0.5) is 27.4 Å². The molecule has 0 saturated heterocycles. The van der Waals surface area contributed by atoms with Gasteiger partial charge in [-0.05, 0) is 39.3 Å². The average molecular weight is 449 g/mol. The van der Waals surface area contributed by atoms with Crippen LogP contribution in [0.3, 0.4) is 0 Å². The first-order valence-corrected chi connectivity index (χ1v) is 10.8. The van der Waals surface area contributed by atoms with E-state index >= 15 is 4.39 Å². The molecule has 0 saturated carbocycles. The molecule has 0 unspecified atom stereocenters. The third-order valence-corrected chi connectivity index (χ3v) is 5.79. The van der Waals surface area contributed by atoms with Crippen molar-refractivity contribution >= 4 is 33.9 Å². The van der Waals surface area contributed by atoms with Gasteiger partial charge < -0.3 is 21.1 Å². The zero-order chi connectivity index (χ0) is 23.3. The molecular formula is C23H25FN8O. The standard InChI is InChI=1S/C23H25FN8O/c1-11(2)32-10-18(13(4)31-32)30-23-28-9-16-17(29-23)7-14(19(24)20(16)25)15-8-27-22-21(12(15)3)26-5-6-33-22/h7-11,26H,5-6,25H2,1-4H3,(H,28,29,30). The molecule has 1 aromatic carbocycles. The first-order chi connectivity index (χ1) is 15.8. The summed E-state index contributed by atoms with van der Waals surface area (Å²) in [6.45, 7) is 9.13. The molecule has 33 heavy (non-hydrogen) atoms. The molecule has 0 amide bonds. The zero-order valence-electron chi connectivity index (χ0n) is 18.9. The number of hydrogen-bond donors (Lipinski definition) is 3. The van der Waals surface area contributed by atoms with Crippen molar-refractivity contribution in [3.05, 3.63) is 41.7 Å². The molecule has 0 aliphatic carbocycles. The smallest absolute Gasteiger partial charge is 0.237 e. The lowest BCUT2D eigenvalue weighted by Gasteiger charge is -2.22. The van der Waals surface area contributed by atoms with E-state index in [2.05, 4.69) is 44.5 Å². The molecule has 5 rings (SSSR count). The van der Waals surface area contributed by atoms with Gasteiger partial charge in [-0.25, -0.2) is 19.3 Å². The van der Waals surface area contributed by atoms with E-state index in [1.807, 2.05) is 24.7 Å². The Morgan fingerprint density at radius 3 is 2.79 bits per heavy atom. The van der Waals surface area contributed by atoms with Crippen molar-refractivity contribution in [2.24, 2.45) is 0 Å². The highest BCUT2D eigenvalue weighted by molar-refractivity contribution is 5.96. The predicted molar refractivity (Wildman–Crippen MR) is 126 cm³/mol. The highest BCUT2D eigenvalue weighted by Crippen LogP contribution is 2.39. The Balaban J connectivity index is 1.59. The van der Waals surface area contributed by atoms with Crippen LogP contribution in [0.2, 0.25) is 0 Å². The van der Waals surface area contributed by atoms with Crippen LogP contribution in [0.1, 0.15) is 31.1 Å². The van der Waals surface area contributed by atoms with Crippen molar-refractivity contribution in [2.75, 3.05) is 29.5 Å². The fraction of sp³-hybridized carbons (Fsp3) is 0.304. The Kier molecular flexibility index (Phi) is 4.99. The van der Waals surface area contributed by atoms with E-state index in [9.17, 15) is 0 Å². The molecule has 4 heterocycles. The first kappa shape index (κ1) is 20.9. The van der Waals surface area contributed by atoms with Crippen molar-refractivity contribution in [1.82, 2.24) is 24.7 Å². The number of nitrogens with two attached hydrogens (primary N) is 1. The molecule has 4 N–H and O–H groups in total. The SMILES string of the molecule is Cc1nn(C(C)C)cc1Nc1ncc2c(N)c(F)c(-c3cnc4c(c3C)NCCO4)cc2n1. The molecule has 0 fully saturated rings. The number of hydrogen-bond acceptors (Lipinski definition) is 8. The Bertz CT molecular complexity index is 1380. The van der Waals surface area contributed by atoms with Gasteiger partial charge in [0.05, 0.1) is 22.6 Å². The number of benzene rings is 1. The van der Waals surface area contributed by atoms with E-state index in [0.29, 0.717) is 47.0 Å². The average Bonchev–Trinajstić information content (AvgIpc) is 3.17. The molecule has 3 aromatic heterocycles. The molecule has 10 heteroatoms. The molecule has 0 spiro atoms. The van der Waals surface area contributed by atoms with Gasteiger partial charge in [0.2, 0.25) is 11.8 Å². The first-order valence-electron chi connectivity index (χ1n) is 10.8. The second kappa shape index (κ2) is 7.88. The van der Waals surface area contributed by atoms with Crippen molar-refractivity contribution in [3.63, 3.8) is 0 Å². The van der Waals surface area contributed by atoms with Crippen LogP contribution in [0.25, 0.3) is 22.0 Å². The maximum Gasteiger partial charge on any atom is 0.237 e. The minimum absolute atomic E-state index is 0.000752. The Labute approximate surface area is 190 Å². The number of rotatable bonds is 4. The van der Waals surface area contributed by atoms with Crippen molar-refractivity contribution in [2.45, 2.75) is 33.7 Å². The molecule has 1 aliphatic heterocycles. The number of nitrogens with zero attached hydrogens (tertiary/aromatic N) is 5. The summed E-state index contributed by atoms with van der Waals surface area (Å²) in [6.07, 6.45) is 5.05. The molecular weight excluding hydrogens is 423 g/mol. The molecule has 0 radical (unpaired) electrons. The lowest BCUT2D eigenvalue weighted by Crippen LogP contribution is -2.20. The number of anilines is 4. The third kappa shape index (κ3) is 3.57. The molecule has 170 valence electrons. The Hall–Kier alpha value is -3.95. The topological polar surface area (TPSA) is 116 Å². The third-order valence-electron chi connectivity index (χ3n) is 5.79. The summed E-state index contributed by atoms with van der Waals surface area (Å²) in [5, 5.41) is 11.4. The van der Waals surface area contributed by atoms with Crippen molar-refractivity contribution in [1.29, 1.82) is 0 Å². The lowest BCUT2D eigenvalue weighted by atomic mass is 9.98. The zero-order valence-corrected chi connectivity index (χ0v) is 18.9. The predicted octanol–water partition coefficient (Wildman–Crippen LogP) is 4.36. The van der Waals surface area contributed by atoms with Gasteiger partial charge in [-0.15, -0.1) is 0 Å². The Morgan fingerprint density at radius 2 is 2.03 bits per heavy atom. The van der Waals surface area contributed by atoms with Gasteiger partial charge in [0.25, 0.3) is 0 Å². The number of nitrogen functional groups attached to an aromatic ring is 1. The van der Waals surface area contributed by atoms with Crippen LogP contribution in [0, 0.1) is 19.7 Å². The summed E-state index contributed by atoms with van der Waals surface area (Å²) in [4.78, 5) is 13.3. The van der Waals surface area contributed by atoms with Crippen LogP contribution in [-0.2, 0) is 0 Å². The maximum absolute atomic E-state index is 15.3. The van der Waals surface area contributed by atoms with Gasteiger partial charge in [0, 0.05) is 47.7 Å². The Morgan fingerprint density at radius 1 is 1.21 bits per heavy atom. The number of halogens is 1. The van der Waals surface area contributed by atoms with E-state index in [1.54, 1.807) is 12.3 Å². The van der Waals surface area contributed by atoms with Crippen LogP contribution in [0.15, 0.2) is 24.7 Å². The second-order valence-corrected chi connectivity index (χ2v) is 8.36. The normalized spacial score (nSPS) is 13.0. The molecule has 4 aromatic rings. The van der Waals surface area contributed by atoms with Crippen LogP contribution < -0.4 is 21.1 Å². The van der Waals surface area contributed by atoms with E-state index in [-0.39, 0.29) is 11.7 Å². The van der Waals surface area contributed by atoms with E-state index in [0.717, 1.165) is 22.6 Å². The van der Waals surface area contributed by atoms with E-state index in [4.69, 9.17) is 10.5 Å². The second-order valence-electron chi connectivity index (χ2n) is 8.36. The monoisotopic (exact) mass is 448 g/mol. The summed E-state index contributed by atoms with van der Waals surface area (Å²) in [5.41, 5.74) is 10.9. The van der Waals surface area contributed by atoms with Crippen molar-refractivity contribution < 1.29 is 9.13 Å². The number of aryl methyl sites for hydroxylation is 1. The minimum Gasteiger partial charge on any atom is -0.474 e. The number of fused-ring (bicyclic) bond motifs is 2.